The van der Waals surface area contributed by atoms with Crippen molar-refractivity contribution in [2.75, 3.05) is 25.5 Å². The molecule has 1 unspecified atom stereocenters. The highest BCUT2D eigenvalue weighted by Crippen LogP contribution is 2.24. The minimum absolute atomic E-state index is 0.124. The van der Waals surface area contributed by atoms with Crippen molar-refractivity contribution in [2.45, 2.75) is 12.8 Å². The van der Waals surface area contributed by atoms with Gasteiger partial charge in [-0.25, -0.2) is 0 Å². The molecule has 1 atom stereocenters. The second-order valence-corrected chi connectivity index (χ2v) is 5.20. The highest BCUT2D eigenvalue weighted by atomic mass is 32.1. The maximum absolute atomic E-state index is 11.3. The number of nitrogens with zero attached hydrogens (tertiary/aromatic N) is 1. The summed E-state index contributed by atoms with van der Waals surface area (Å²) in [7, 11) is 1.62. The standard InChI is InChI=1S/C14H19N3O2S/c1-19-12-7-3-2-6-11(12)16-14(20)17-8-4-5-10(9-17)13(15)18/h2-3,6-7,10H,4-5,8-9H2,1H3,(H2,15,18)(H,16,20). The number of thiocarbonyl (C=S) groups is 1. The van der Waals surface area contributed by atoms with Gasteiger partial charge in [-0.2, -0.15) is 0 Å². The molecule has 5 nitrogen and oxygen atoms in total. The number of benzene rings is 1. The molecule has 0 saturated carbocycles. The van der Waals surface area contributed by atoms with E-state index < -0.39 is 0 Å². The second kappa shape index (κ2) is 6.56. The number of nitrogens with two attached hydrogens (primary N) is 1. The van der Waals surface area contributed by atoms with E-state index >= 15 is 0 Å². The molecule has 0 bridgehead atoms. The largest absolute Gasteiger partial charge is 0.495 e. The van der Waals surface area contributed by atoms with Crippen molar-refractivity contribution < 1.29 is 9.53 Å². The van der Waals surface area contributed by atoms with Crippen molar-refractivity contribution in [2.24, 2.45) is 11.7 Å². The number of hydrogen-bond donors (Lipinski definition) is 2. The summed E-state index contributed by atoms with van der Waals surface area (Å²) in [5.74, 6) is 0.356. The van der Waals surface area contributed by atoms with Crippen LogP contribution in [0.15, 0.2) is 24.3 Å². The molecule has 0 aliphatic carbocycles. The summed E-state index contributed by atoms with van der Waals surface area (Å²) in [6, 6.07) is 7.58. The van der Waals surface area contributed by atoms with E-state index in [0.29, 0.717) is 11.7 Å². The van der Waals surface area contributed by atoms with Gasteiger partial charge >= 0.3 is 0 Å². The van der Waals surface area contributed by atoms with Crippen LogP contribution in [-0.2, 0) is 4.79 Å². The van der Waals surface area contributed by atoms with Gasteiger partial charge in [0.25, 0.3) is 0 Å². The Bertz CT molecular complexity index is 507. The summed E-state index contributed by atoms with van der Waals surface area (Å²) in [5, 5.41) is 3.77. The smallest absolute Gasteiger partial charge is 0.222 e. The van der Waals surface area contributed by atoms with Crippen molar-refractivity contribution >= 4 is 28.9 Å². The van der Waals surface area contributed by atoms with Gasteiger partial charge in [-0.3, -0.25) is 4.79 Å². The molecule has 1 heterocycles. The molecule has 20 heavy (non-hydrogen) atoms. The Morgan fingerprint density at radius 1 is 1.50 bits per heavy atom. The van der Waals surface area contributed by atoms with Gasteiger partial charge in [0.15, 0.2) is 5.11 Å². The summed E-state index contributed by atoms with van der Waals surface area (Å²) < 4.78 is 5.28. The number of piperidine rings is 1. The van der Waals surface area contributed by atoms with Crippen molar-refractivity contribution in [3.63, 3.8) is 0 Å². The van der Waals surface area contributed by atoms with Crippen LogP contribution in [0.4, 0.5) is 5.69 Å². The van der Waals surface area contributed by atoms with Crippen LogP contribution in [0.25, 0.3) is 0 Å². The molecule has 3 N–H and O–H groups in total. The van der Waals surface area contributed by atoms with E-state index in [9.17, 15) is 4.79 Å². The number of carbonyl (C=O) groups excluding carboxylic acids is 1. The van der Waals surface area contributed by atoms with Crippen LogP contribution in [-0.4, -0.2) is 36.1 Å². The Morgan fingerprint density at radius 3 is 2.95 bits per heavy atom. The van der Waals surface area contributed by atoms with Crippen molar-refractivity contribution in [3.05, 3.63) is 24.3 Å². The normalized spacial score (nSPS) is 18.4. The molecule has 6 heteroatoms. The van der Waals surface area contributed by atoms with E-state index in [4.69, 9.17) is 22.7 Å². The first kappa shape index (κ1) is 14.6. The van der Waals surface area contributed by atoms with Gasteiger partial charge in [0.1, 0.15) is 5.75 Å². The van der Waals surface area contributed by atoms with Gasteiger partial charge in [0.2, 0.25) is 5.91 Å². The van der Waals surface area contributed by atoms with Crippen molar-refractivity contribution in [3.8, 4) is 5.75 Å². The molecule has 1 aliphatic heterocycles. The van der Waals surface area contributed by atoms with E-state index in [-0.39, 0.29) is 11.8 Å². The van der Waals surface area contributed by atoms with Gasteiger partial charge in [-0.05, 0) is 37.2 Å². The number of carbonyl (C=O) groups is 1. The average Bonchev–Trinajstić information content (AvgIpc) is 2.48. The Balaban J connectivity index is 2.02. The van der Waals surface area contributed by atoms with Crippen molar-refractivity contribution in [1.29, 1.82) is 0 Å². The molecule has 0 spiro atoms. The highest BCUT2D eigenvalue weighted by Gasteiger charge is 2.25. The zero-order valence-corrected chi connectivity index (χ0v) is 12.3. The fourth-order valence-corrected chi connectivity index (χ4v) is 2.61. The number of rotatable bonds is 3. The van der Waals surface area contributed by atoms with E-state index in [1.54, 1.807) is 7.11 Å². The van der Waals surface area contributed by atoms with Gasteiger partial charge < -0.3 is 20.7 Å². The first-order valence-corrected chi connectivity index (χ1v) is 7.01. The Labute approximate surface area is 124 Å². The first-order chi connectivity index (χ1) is 9.61. The topological polar surface area (TPSA) is 67.6 Å². The van der Waals surface area contributed by atoms with Gasteiger partial charge in [0.05, 0.1) is 18.7 Å². The number of methoxy groups -OCH3 is 1. The van der Waals surface area contributed by atoms with E-state index in [1.165, 1.54) is 0 Å². The van der Waals surface area contributed by atoms with Crippen LogP contribution in [0.3, 0.4) is 0 Å². The summed E-state index contributed by atoms with van der Waals surface area (Å²) in [4.78, 5) is 13.3. The Hall–Kier alpha value is -1.82. The minimum Gasteiger partial charge on any atom is -0.495 e. The van der Waals surface area contributed by atoms with Crippen LogP contribution in [0.5, 0.6) is 5.75 Å². The number of nitrogens with one attached hydrogen (secondary N) is 1. The molecule has 0 aromatic heterocycles. The first-order valence-electron chi connectivity index (χ1n) is 6.60. The van der Waals surface area contributed by atoms with Crippen LogP contribution in [0.2, 0.25) is 0 Å². The lowest BCUT2D eigenvalue weighted by Crippen LogP contribution is -2.45. The summed E-state index contributed by atoms with van der Waals surface area (Å²) in [6.45, 7) is 1.42. The lowest BCUT2D eigenvalue weighted by Gasteiger charge is -2.33. The lowest BCUT2D eigenvalue weighted by molar-refractivity contribution is -0.122. The second-order valence-electron chi connectivity index (χ2n) is 4.82. The molecule has 1 aliphatic rings. The molecular formula is C14H19N3O2S. The van der Waals surface area contributed by atoms with Gasteiger partial charge in [-0.1, -0.05) is 12.1 Å². The quantitative estimate of drug-likeness (QED) is 0.828. The molecule has 1 aromatic rings. The highest BCUT2D eigenvalue weighted by molar-refractivity contribution is 7.80. The molecule has 1 aromatic carbocycles. The van der Waals surface area contributed by atoms with Crippen LogP contribution in [0.1, 0.15) is 12.8 Å². The third kappa shape index (κ3) is 3.39. The number of amides is 1. The van der Waals surface area contributed by atoms with Gasteiger partial charge in [-0.15, -0.1) is 0 Å². The zero-order chi connectivity index (χ0) is 14.5. The summed E-state index contributed by atoms with van der Waals surface area (Å²) in [5.41, 5.74) is 6.20. The maximum Gasteiger partial charge on any atom is 0.222 e. The predicted molar refractivity (Wildman–Crippen MR) is 82.7 cm³/mol. The van der Waals surface area contributed by atoms with Gasteiger partial charge in [0, 0.05) is 13.1 Å². The number of anilines is 1. The average molecular weight is 293 g/mol. The van der Waals surface area contributed by atoms with E-state index in [2.05, 4.69) is 5.32 Å². The molecule has 108 valence electrons. The minimum atomic E-state index is -0.255. The van der Waals surface area contributed by atoms with Crippen LogP contribution in [0, 0.1) is 5.92 Å². The molecule has 2 rings (SSSR count). The zero-order valence-electron chi connectivity index (χ0n) is 11.5. The molecule has 1 fully saturated rings. The molecule has 0 radical (unpaired) electrons. The maximum atomic E-state index is 11.3. The fraction of sp³-hybridized carbons (Fsp3) is 0.429. The third-order valence-electron chi connectivity index (χ3n) is 3.46. The van der Waals surface area contributed by atoms with Crippen LogP contribution >= 0.6 is 12.2 Å². The summed E-state index contributed by atoms with van der Waals surface area (Å²) >= 11 is 5.41. The monoisotopic (exact) mass is 293 g/mol. The lowest BCUT2D eigenvalue weighted by atomic mass is 9.98. The SMILES string of the molecule is COc1ccccc1NC(=S)N1CCCC(C(N)=O)C1. The molecule has 1 amide bonds. The summed E-state index contributed by atoms with van der Waals surface area (Å²) in [6.07, 6.45) is 1.75. The van der Waals surface area contributed by atoms with E-state index in [0.717, 1.165) is 30.8 Å². The molecular weight excluding hydrogens is 274 g/mol. The Kier molecular flexibility index (Phi) is 4.79. The van der Waals surface area contributed by atoms with E-state index in [1.807, 2.05) is 29.2 Å². The predicted octanol–water partition coefficient (Wildman–Crippen LogP) is 1.59. The fourth-order valence-electron chi connectivity index (χ4n) is 2.34. The Morgan fingerprint density at radius 2 is 2.25 bits per heavy atom. The number of hydrogen-bond acceptors (Lipinski definition) is 3. The number of para-hydroxylation sites is 2. The van der Waals surface area contributed by atoms with Crippen molar-refractivity contribution in [1.82, 2.24) is 4.90 Å². The third-order valence-corrected chi connectivity index (χ3v) is 3.82. The number of likely N-dealkylation sites (tertiary alicyclic amines) is 1. The van der Waals surface area contributed by atoms with Crippen LogP contribution < -0.4 is 15.8 Å². The number of ether oxygens (including phenoxy) is 1. The molecule has 1 saturated heterocycles. The number of primary amides is 1.